The topological polar surface area (TPSA) is 34.1 Å². The largest absolute Gasteiger partial charge is 0.298 e. The third kappa shape index (κ3) is 1.56. The Bertz CT molecular complexity index is 678. The van der Waals surface area contributed by atoms with E-state index in [-0.39, 0.29) is 0 Å². The molecule has 3 aromatic rings. The van der Waals surface area contributed by atoms with Crippen LogP contribution in [-0.4, -0.2) is 12.6 Å². The number of carbonyl (C=O) groups excluding carboxylic acids is 2. The van der Waals surface area contributed by atoms with Gasteiger partial charge in [0.2, 0.25) is 0 Å². The lowest BCUT2D eigenvalue weighted by molar-refractivity contribution is 0.111. The molecule has 0 saturated heterocycles. The van der Waals surface area contributed by atoms with Crippen molar-refractivity contribution in [3.8, 4) is 0 Å². The summed E-state index contributed by atoms with van der Waals surface area (Å²) >= 11 is 1.67. The fourth-order valence-corrected chi connectivity index (χ4v) is 3.03. The van der Waals surface area contributed by atoms with Crippen molar-refractivity contribution >= 4 is 44.1 Å². The summed E-state index contributed by atoms with van der Waals surface area (Å²) in [5.74, 6) is 0. The lowest BCUT2D eigenvalue weighted by Gasteiger charge is -1.94. The number of thiophene rings is 1. The highest BCUT2D eigenvalue weighted by atomic mass is 32.1. The average Bonchev–Trinajstić information content (AvgIpc) is 2.75. The van der Waals surface area contributed by atoms with Crippen LogP contribution in [0, 0.1) is 0 Å². The minimum absolute atomic E-state index is 0.661. The molecule has 0 bridgehead atoms. The van der Waals surface area contributed by atoms with E-state index in [1.165, 1.54) is 0 Å². The molecule has 1 heterocycles. The summed E-state index contributed by atoms with van der Waals surface area (Å²) in [5.41, 5.74) is 1.32. The summed E-state index contributed by atoms with van der Waals surface area (Å²) < 4.78 is 2.27. The van der Waals surface area contributed by atoms with E-state index in [9.17, 15) is 9.59 Å². The Kier molecular flexibility index (Phi) is 2.27. The van der Waals surface area contributed by atoms with E-state index < -0.39 is 0 Å². The van der Waals surface area contributed by atoms with Crippen LogP contribution >= 0.6 is 11.3 Å². The zero-order chi connectivity index (χ0) is 11.8. The molecule has 3 rings (SSSR count). The van der Waals surface area contributed by atoms with Crippen LogP contribution in [0.15, 0.2) is 36.4 Å². The van der Waals surface area contributed by atoms with Gasteiger partial charge in [-0.2, -0.15) is 0 Å². The standard InChI is InChI=1S/C14H8O2S/c15-7-9-1-3-13-11(5-9)12-6-10(8-16)2-4-14(12)17-13/h1-8H. The van der Waals surface area contributed by atoms with E-state index in [4.69, 9.17) is 0 Å². The number of carbonyl (C=O) groups is 2. The van der Waals surface area contributed by atoms with Crippen molar-refractivity contribution in [3.63, 3.8) is 0 Å². The summed E-state index contributed by atoms with van der Waals surface area (Å²) in [6.07, 6.45) is 1.68. The number of hydrogen-bond acceptors (Lipinski definition) is 3. The summed E-state index contributed by atoms with van der Waals surface area (Å²) in [7, 11) is 0. The van der Waals surface area contributed by atoms with Crippen LogP contribution in [0.4, 0.5) is 0 Å². The van der Waals surface area contributed by atoms with Gasteiger partial charge in [-0.3, -0.25) is 9.59 Å². The maximum absolute atomic E-state index is 10.8. The second kappa shape index (κ2) is 3.79. The lowest BCUT2D eigenvalue weighted by Crippen LogP contribution is -1.79. The third-order valence-electron chi connectivity index (χ3n) is 2.79. The number of fused-ring (bicyclic) bond motifs is 3. The number of rotatable bonds is 2. The zero-order valence-corrected chi connectivity index (χ0v) is 9.66. The Morgan fingerprint density at radius 2 is 1.24 bits per heavy atom. The number of aldehydes is 2. The normalized spacial score (nSPS) is 10.8. The second-order valence-corrected chi connectivity index (χ2v) is 4.93. The monoisotopic (exact) mass is 240 g/mol. The van der Waals surface area contributed by atoms with E-state index in [0.717, 1.165) is 32.7 Å². The molecule has 82 valence electrons. The summed E-state index contributed by atoms with van der Waals surface area (Å²) in [4.78, 5) is 21.6. The van der Waals surface area contributed by atoms with Gasteiger partial charge in [-0.15, -0.1) is 11.3 Å². The summed E-state index contributed by atoms with van der Waals surface area (Å²) in [5, 5.41) is 2.08. The van der Waals surface area contributed by atoms with Crippen LogP contribution in [0.1, 0.15) is 20.7 Å². The first-order chi connectivity index (χ1) is 8.31. The average molecular weight is 240 g/mol. The number of hydrogen-bond donors (Lipinski definition) is 0. The first-order valence-electron chi connectivity index (χ1n) is 5.18. The van der Waals surface area contributed by atoms with Crippen LogP contribution in [0.3, 0.4) is 0 Å². The van der Waals surface area contributed by atoms with Gasteiger partial charge in [-0.05, 0) is 24.3 Å². The van der Waals surface area contributed by atoms with Gasteiger partial charge in [0.15, 0.2) is 0 Å². The zero-order valence-electron chi connectivity index (χ0n) is 8.84. The molecule has 1 aromatic heterocycles. The van der Waals surface area contributed by atoms with Crippen molar-refractivity contribution in [3.05, 3.63) is 47.5 Å². The van der Waals surface area contributed by atoms with E-state index in [1.54, 1.807) is 11.3 Å². The smallest absolute Gasteiger partial charge is 0.150 e. The molecule has 0 N–H and O–H groups in total. The molecule has 0 fully saturated rings. The van der Waals surface area contributed by atoms with Gasteiger partial charge in [0.05, 0.1) is 0 Å². The van der Waals surface area contributed by atoms with E-state index in [0.29, 0.717) is 11.1 Å². The summed E-state index contributed by atoms with van der Waals surface area (Å²) in [6.45, 7) is 0. The molecular formula is C14H8O2S. The van der Waals surface area contributed by atoms with E-state index in [2.05, 4.69) is 0 Å². The van der Waals surface area contributed by atoms with Crippen LogP contribution in [0.5, 0.6) is 0 Å². The minimum atomic E-state index is 0.661. The predicted molar refractivity (Wildman–Crippen MR) is 70.1 cm³/mol. The van der Waals surface area contributed by atoms with Crippen LogP contribution < -0.4 is 0 Å². The second-order valence-electron chi connectivity index (χ2n) is 3.85. The minimum Gasteiger partial charge on any atom is -0.298 e. The molecule has 0 unspecified atom stereocenters. The van der Waals surface area contributed by atoms with Gasteiger partial charge >= 0.3 is 0 Å². The van der Waals surface area contributed by atoms with Gasteiger partial charge in [0, 0.05) is 31.3 Å². The molecule has 0 amide bonds. The Hall–Kier alpha value is -2.00. The van der Waals surface area contributed by atoms with Crippen LogP contribution in [-0.2, 0) is 0 Å². The van der Waals surface area contributed by atoms with Crippen molar-refractivity contribution in [2.45, 2.75) is 0 Å². The molecule has 0 saturated carbocycles. The number of benzene rings is 2. The van der Waals surface area contributed by atoms with Crippen molar-refractivity contribution in [2.75, 3.05) is 0 Å². The third-order valence-corrected chi connectivity index (χ3v) is 3.94. The van der Waals surface area contributed by atoms with Crippen LogP contribution in [0.25, 0.3) is 20.2 Å². The highest BCUT2D eigenvalue weighted by Gasteiger charge is 2.06. The first-order valence-corrected chi connectivity index (χ1v) is 6.00. The van der Waals surface area contributed by atoms with Gasteiger partial charge in [-0.1, -0.05) is 12.1 Å². The highest BCUT2D eigenvalue weighted by molar-refractivity contribution is 7.25. The summed E-state index contributed by atoms with van der Waals surface area (Å²) in [6, 6.07) is 11.3. The van der Waals surface area contributed by atoms with Gasteiger partial charge in [-0.25, -0.2) is 0 Å². The Balaban J connectivity index is 2.45. The molecule has 0 aliphatic carbocycles. The predicted octanol–water partition coefficient (Wildman–Crippen LogP) is 3.68. The van der Waals surface area contributed by atoms with Gasteiger partial charge in [0.1, 0.15) is 12.6 Å². The molecule has 0 spiro atoms. The molecule has 0 aliphatic heterocycles. The molecule has 0 aliphatic rings. The fraction of sp³-hybridized carbons (Fsp3) is 0. The Labute approximate surface area is 101 Å². The Morgan fingerprint density at radius 1 is 0.765 bits per heavy atom. The molecule has 2 aromatic carbocycles. The van der Waals surface area contributed by atoms with Gasteiger partial charge in [0.25, 0.3) is 0 Å². The highest BCUT2D eigenvalue weighted by Crippen LogP contribution is 2.34. The maximum atomic E-state index is 10.8. The molecule has 3 heteroatoms. The van der Waals surface area contributed by atoms with Crippen molar-refractivity contribution in [2.24, 2.45) is 0 Å². The van der Waals surface area contributed by atoms with Crippen molar-refractivity contribution < 1.29 is 9.59 Å². The fourth-order valence-electron chi connectivity index (χ4n) is 1.96. The molecule has 17 heavy (non-hydrogen) atoms. The molecule has 0 radical (unpaired) electrons. The quantitative estimate of drug-likeness (QED) is 0.640. The van der Waals surface area contributed by atoms with Crippen molar-refractivity contribution in [1.82, 2.24) is 0 Å². The first kappa shape index (κ1) is 10.2. The van der Waals surface area contributed by atoms with E-state index in [1.807, 2.05) is 36.4 Å². The van der Waals surface area contributed by atoms with Crippen molar-refractivity contribution in [1.29, 1.82) is 0 Å². The molecule has 0 atom stereocenters. The van der Waals surface area contributed by atoms with Gasteiger partial charge < -0.3 is 0 Å². The lowest BCUT2D eigenvalue weighted by atomic mass is 10.1. The molecule has 2 nitrogen and oxygen atoms in total. The van der Waals surface area contributed by atoms with E-state index >= 15 is 0 Å². The molecular weight excluding hydrogens is 232 g/mol. The Morgan fingerprint density at radius 3 is 1.65 bits per heavy atom. The SMILES string of the molecule is O=Cc1ccc2sc3ccc(C=O)cc3c2c1. The maximum Gasteiger partial charge on any atom is 0.150 e. The van der Waals surface area contributed by atoms with Crippen LogP contribution in [0.2, 0.25) is 0 Å².